The summed E-state index contributed by atoms with van der Waals surface area (Å²) in [4.78, 5) is 13.8. The Morgan fingerprint density at radius 3 is 1.58 bits per heavy atom. The van der Waals surface area contributed by atoms with E-state index in [4.69, 9.17) is 9.97 Å². The fraction of sp³-hybridized carbons (Fsp3) is 0.164. The number of nitrogens with zero attached hydrogens (tertiary/aromatic N) is 4. The van der Waals surface area contributed by atoms with Gasteiger partial charge in [0.25, 0.3) is 0 Å². The first kappa shape index (κ1) is 35.4. The van der Waals surface area contributed by atoms with Crippen LogP contribution < -0.4 is 25.6 Å². The smallest absolute Gasteiger partial charge is 0.179 e. The minimum Gasteiger partial charge on any atom is -0.365 e. The van der Waals surface area contributed by atoms with Gasteiger partial charge in [0, 0.05) is 45.7 Å². The van der Waals surface area contributed by atoms with Crippen molar-refractivity contribution in [3.05, 3.63) is 194 Å². The van der Waals surface area contributed by atoms with Gasteiger partial charge in [-0.05, 0) is 82.9 Å². The molecule has 2 aromatic heterocycles. The molecule has 4 aliphatic rings. The summed E-state index contributed by atoms with van der Waals surface area (Å²) in [5, 5.41) is 7.82. The van der Waals surface area contributed by atoms with Crippen molar-refractivity contribution in [1.29, 1.82) is 0 Å². The number of aromatic nitrogens is 3. The molecule has 0 N–H and O–H groups in total. The summed E-state index contributed by atoms with van der Waals surface area (Å²) in [5.41, 5.74) is 6.70. The predicted molar refractivity (Wildman–Crippen MR) is 251 cm³/mol. The van der Waals surface area contributed by atoms with Crippen molar-refractivity contribution in [3.8, 4) is 28.5 Å². The van der Waals surface area contributed by atoms with Gasteiger partial charge in [-0.1, -0.05) is 170 Å². The monoisotopic (exact) mass is 790 g/mol. The molecule has 9 aromatic rings. The SMILES string of the molecule is c1ccc(-c2cc(-n3c4ccccc4c4ccc(N5C6CC7CC(C6)CC5C7)cc43)nc(-c3cccc([Si](c4ccccc4)(c4ccccc4)c4ccccc4)c3)n2)cc1. The average molecular weight is 791 g/mol. The van der Waals surface area contributed by atoms with Crippen LogP contribution in [0.25, 0.3) is 50.3 Å². The van der Waals surface area contributed by atoms with Crippen LogP contribution in [-0.2, 0) is 0 Å². The second-order valence-corrected chi connectivity index (χ2v) is 21.2. The number of hydrogen-bond donors (Lipinski definition) is 0. The van der Waals surface area contributed by atoms with Crippen molar-refractivity contribution in [2.24, 2.45) is 11.8 Å². The molecule has 2 aliphatic heterocycles. The maximum absolute atomic E-state index is 5.58. The highest BCUT2D eigenvalue weighted by molar-refractivity contribution is 7.19. The van der Waals surface area contributed by atoms with Gasteiger partial charge >= 0.3 is 0 Å². The standard InChI is InChI=1S/C55H46N4Si/c1-5-16-40(17-6-1)51-37-54(59-52-27-14-13-26-49(52)50-29-28-42(36-53(50)59)58-43-31-38-30-39(33-43)34-44(58)32-38)57-55(56-51)41-18-15-25-48(35-41)60(45-19-7-2-8-20-45,46-21-9-3-10-22-46)47-23-11-4-12-24-47/h1-29,35-39,43-44H,30-34H2. The minimum atomic E-state index is -2.78. The zero-order chi connectivity index (χ0) is 39.6. The van der Waals surface area contributed by atoms with Gasteiger partial charge in [0.1, 0.15) is 5.82 Å². The lowest BCUT2D eigenvalue weighted by atomic mass is 9.63. The fourth-order valence-electron chi connectivity index (χ4n) is 11.7. The molecule has 0 unspecified atom stereocenters. The zero-order valence-electron chi connectivity index (χ0n) is 33.6. The third-order valence-electron chi connectivity index (χ3n) is 14.0. The maximum Gasteiger partial charge on any atom is 0.179 e. The lowest BCUT2D eigenvalue weighted by Gasteiger charge is -2.57. The summed E-state index contributed by atoms with van der Waals surface area (Å²) in [6.45, 7) is 0. The van der Waals surface area contributed by atoms with E-state index in [1.165, 1.54) is 74.8 Å². The number of hydrogen-bond acceptors (Lipinski definition) is 3. The first-order valence-corrected chi connectivity index (χ1v) is 23.7. The summed E-state index contributed by atoms with van der Waals surface area (Å²) in [7, 11) is -2.78. The highest BCUT2D eigenvalue weighted by Crippen LogP contribution is 2.51. The minimum absolute atomic E-state index is 0.650. The molecule has 4 bridgehead atoms. The third kappa shape index (κ3) is 5.71. The van der Waals surface area contributed by atoms with Crippen molar-refractivity contribution in [3.63, 3.8) is 0 Å². The highest BCUT2D eigenvalue weighted by Gasteiger charge is 2.47. The van der Waals surface area contributed by atoms with E-state index in [1.54, 1.807) is 0 Å². The molecule has 60 heavy (non-hydrogen) atoms. The van der Waals surface area contributed by atoms with Crippen molar-refractivity contribution >= 4 is 56.3 Å². The van der Waals surface area contributed by atoms with Gasteiger partial charge in [-0.15, -0.1) is 0 Å². The van der Waals surface area contributed by atoms with Crippen LogP contribution in [0.1, 0.15) is 32.1 Å². The van der Waals surface area contributed by atoms with E-state index < -0.39 is 8.07 Å². The van der Waals surface area contributed by atoms with Gasteiger partial charge in [0.05, 0.1) is 16.7 Å². The van der Waals surface area contributed by atoms with Gasteiger partial charge in [0.15, 0.2) is 13.9 Å². The van der Waals surface area contributed by atoms with E-state index in [0.717, 1.165) is 45.8 Å². The molecule has 7 aromatic carbocycles. The van der Waals surface area contributed by atoms with Gasteiger partial charge in [0.2, 0.25) is 0 Å². The molecule has 0 spiro atoms. The van der Waals surface area contributed by atoms with E-state index >= 15 is 0 Å². The lowest BCUT2D eigenvalue weighted by molar-refractivity contribution is 0.0900. The third-order valence-corrected chi connectivity index (χ3v) is 18.8. The highest BCUT2D eigenvalue weighted by atomic mass is 28.3. The molecule has 2 aliphatic carbocycles. The van der Waals surface area contributed by atoms with Crippen molar-refractivity contribution in [1.82, 2.24) is 14.5 Å². The second kappa shape index (κ2) is 14.3. The molecule has 0 radical (unpaired) electrons. The van der Waals surface area contributed by atoms with Crippen molar-refractivity contribution in [2.45, 2.75) is 44.2 Å². The predicted octanol–water partition coefficient (Wildman–Crippen LogP) is 10.1. The van der Waals surface area contributed by atoms with E-state index in [0.29, 0.717) is 12.1 Å². The molecule has 13 rings (SSSR count). The molecule has 0 atom stereocenters. The van der Waals surface area contributed by atoms with E-state index in [2.05, 4.69) is 204 Å². The van der Waals surface area contributed by atoms with Crippen LogP contribution in [0.4, 0.5) is 5.69 Å². The largest absolute Gasteiger partial charge is 0.365 e. The second-order valence-electron chi connectivity index (χ2n) is 17.4. The van der Waals surface area contributed by atoms with Gasteiger partial charge in [-0.2, -0.15) is 0 Å². The first-order valence-electron chi connectivity index (χ1n) is 21.7. The molecule has 4 heterocycles. The number of para-hydroxylation sites is 1. The number of benzene rings is 7. The van der Waals surface area contributed by atoms with E-state index in [-0.39, 0.29) is 0 Å². The van der Waals surface area contributed by atoms with Crippen LogP contribution in [0, 0.1) is 11.8 Å². The van der Waals surface area contributed by atoms with E-state index in [9.17, 15) is 0 Å². The van der Waals surface area contributed by atoms with Gasteiger partial charge in [-0.3, -0.25) is 4.57 Å². The summed E-state index contributed by atoms with van der Waals surface area (Å²) < 4.78 is 2.41. The molecule has 2 saturated heterocycles. The molecule has 2 saturated carbocycles. The Kier molecular flexibility index (Phi) is 8.44. The molecule has 290 valence electrons. The molecule has 4 fully saturated rings. The summed E-state index contributed by atoms with van der Waals surface area (Å²) in [6, 6.07) is 72.7. The maximum atomic E-state index is 5.58. The Morgan fingerprint density at radius 2 is 0.950 bits per heavy atom. The molecular weight excluding hydrogens is 745 g/mol. The normalized spacial score (nSPS) is 19.6. The Balaban J connectivity index is 1.08. The van der Waals surface area contributed by atoms with Crippen LogP contribution in [0.5, 0.6) is 0 Å². The first-order chi connectivity index (χ1) is 29.7. The summed E-state index contributed by atoms with van der Waals surface area (Å²) >= 11 is 0. The number of piperidine rings is 2. The number of fused-ring (bicyclic) bond motifs is 3. The fourth-order valence-corrected chi connectivity index (χ4v) is 16.5. The summed E-state index contributed by atoms with van der Waals surface area (Å²) in [5.74, 6) is 3.42. The van der Waals surface area contributed by atoms with Gasteiger partial charge in [-0.25, -0.2) is 9.97 Å². The molecule has 4 nitrogen and oxygen atoms in total. The van der Waals surface area contributed by atoms with Crippen molar-refractivity contribution < 1.29 is 0 Å². The van der Waals surface area contributed by atoms with Crippen molar-refractivity contribution in [2.75, 3.05) is 4.90 Å². The van der Waals surface area contributed by atoms with Crippen LogP contribution in [0.3, 0.4) is 0 Å². The van der Waals surface area contributed by atoms with Crippen LogP contribution in [0.2, 0.25) is 0 Å². The van der Waals surface area contributed by atoms with Crippen LogP contribution in [0.15, 0.2) is 194 Å². The average Bonchev–Trinajstić information content (AvgIpc) is 3.64. The quantitative estimate of drug-likeness (QED) is 0.114. The molecule has 5 heteroatoms. The zero-order valence-corrected chi connectivity index (χ0v) is 34.6. The summed E-state index contributed by atoms with van der Waals surface area (Å²) in [6.07, 6.45) is 6.81. The Hall–Kier alpha value is -6.56. The van der Waals surface area contributed by atoms with Crippen LogP contribution in [-0.4, -0.2) is 34.7 Å². The van der Waals surface area contributed by atoms with Crippen LogP contribution >= 0.6 is 0 Å². The number of anilines is 1. The van der Waals surface area contributed by atoms with E-state index in [1.807, 2.05) is 0 Å². The molecule has 0 amide bonds. The topological polar surface area (TPSA) is 34.0 Å². The lowest BCUT2D eigenvalue weighted by Crippen LogP contribution is -2.74. The molecular formula is C55H46N4Si. The van der Waals surface area contributed by atoms with Gasteiger partial charge < -0.3 is 4.90 Å². The Bertz CT molecular complexity index is 2870. The Morgan fingerprint density at radius 1 is 0.417 bits per heavy atom. The Labute approximate surface area is 352 Å². The number of rotatable bonds is 8.